The molecule has 0 bridgehead atoms. The molecular formula is C20H20N4O5. The van der Waals surface area contributed by atoms with Crippen LogP contribution in [0.2, 0.25) is 0 Å². The average molecular weight is 396 g/mol. The Hall–Kier alpha value is -3.62. The number of non-ortho nitro benzene ring substituents is 1. The first-order chi connectivity index (χ1) is 14.0. The highest BCUT2D eigenvalue weighted by Gasteiger charge is 2.32. The smallest absolute Gasteiger partial charge is 0.269 e. The number of carbonyl (C=O) groups is 2. The van der Waals surface area contributed by atoms with E-state index in [0.29, 0.717) is 37.6 Å². The molecule has 2 aromatic rings. The molecule has 9 nitrogen and oxygen atoms in total. The monoisotopic (exact) mass is 396 g/mol. The van der Waals surface area contributed by atoms with E-state index >= 15 is 0 Å². The standard InChI is InChI=1S/C20H20N4O5/c25-19(13-18-20(26)21-16-3-1-2-4-17(16)29-18)23-11-9-22(10-12-23)14-5-7-15(8-6-14)24(27)28/h1-8,18H,9-13H2,(H,21,26)/t18-/m0/s1. The van der Waals surface area contributed by atoms with Crippen molar-refractivity contribution >= 4 is 28.9 Å². The minimum absolute atomic E-state index is 0.0162. The van der Waals surface area contributed by atoms with Crippen LogP contribution in [0, 0.1) is 10.1 Å². The normalized spacial score (nSPS) is 18.5. The van der Waals surface area contributed by atoms with Crippen molar-refractivity contribution in [3.05, 3.63) is 58.6 Å². The van der Waals surface area contributed by atoms with Crippen molar-refractivity contribution in [1.29, 1.82) is 0 Å². The number of nitrogens with zero attached hydrogens (tertiary/aromatic N) is 3. The van der Waals surface area contributed by atoms with Crippen molar-refractivity contribution in [3.8, 4) is 5.75 Å². The number of hydrogen-bond acceptors (Lipinski definition) is 6. The van der Waals surface area contributed by atoms with E-state index in [4.69, 9.17) is 4.74 Å². The first kappa shape index (κ1) is 18.7. The van der Waals surface area contributed by atoms with Gasteiger partial charge in [0.1, 0.15) is 5.75 Å². The number of carbonyl (C=O) groups excluding carboxylic acids is 2. The van der Waals surface area contributed by atoms with Crippen LogP contribution in [0.1, 0.15) is 6.42 Å². The number of piperazine rings is 1. The lowest BCUT2D eigenvalue weighted by molar-refractivity contribution is -0.384. The maximum Gasteiger partial charge on any atom is 0.269 e. The van der Waals surface area contributed by atoms with Crippen molar-refractivity contribution in [2.75, 3.05) is 36.4 Å². The molecule has 0 aromatic heterocycles. The summed E-state index contributed by atoms with van der Waals surface area (Å²) in [5, 5.41) is 13.5. The molecule has 29 heavy (non-hydrogen) atoms. The summed E-state index contributed by atoms with van der Waals surface area (Å²) in [5.41, 5.74) is 1.54. The fraction of sp³-hybridized carbons (Fsp3) is 0.300. The molecule has 2 heterocycles. The second-order valence-electron chi connectivity index (χ2n) is 6.94. The van der Waals surface area contributed by atoms with Gasteiger partial charge in [-0.25, -0.2) is 0 Å². The van der Waals surface area contributed by atoms with Gasteiger partial charge in [0.15, 0.2) is 6.10 Å². The highest BCUT2D eigenvalue weighted by atomic mass is 16.6. The number of nitro groups is 1. The van der Waals surface area contributed by atoms with Crippen LogP contribution in [0.25, 0.3) is 0 Å². The lowest BCUT2D eigenvalue weighted by atomic mass is 10.1. The van der Waals surface area contributed by atoms with Crippen LogP contribution in [0.5, 0.6) is 5.75 Å². The molecule has 0 spiro atoms. The summed E-state index contributed by atoms with van der Waals surface area (Å²) >= 11 is 0. The van der Waals surface area contributed by atoms with Gasteiger partial charge >= 0.3 is 0 Å². The fourth-order valence-corrected chi connectivity index (χ4v) is 3.51. The van der Waals surface area contributed by atoms with Gasteiger partial charge in [0.2, 0.25) is 5.91 Å². The number of anilines is 2. The number of fused-ring (bicyclic) bond motifs is 1. The third kappa shape index (κ3) is 3.98. The summed E-state index contributed by atoms with van der Waals surface area (Å²) in [5.74, 6) is 0.113. The zero-order valence-corrected chi connectivity index (χ0v) is 15.6. The molecule has 0 aliphatic carbocycles. The SMILES string of the molecule is O=C1Nc2ccccc2O[C@H]1CC(=O)N1CCN(c2ccc([N+](=O)[O-])cc2)CC1. The molecule has 2 amide bonds. The molecule has 2 aliphatic rings. The van der Waals surface area contributed by atoms with Crippen molar-refractivity contribution < 1.29 is 19.2 Å². The van der Waals surface area contributed by atoms with E-state index in [1.54, 1.807) is 35.2 Å². The summed E-state index contributed by atoms with van der Waals surface area (Å²) < 4.78 is 5.70. The van der Waals surface area contributed by atoms with Gasteiger partial charge in [-0.15, -0.1) is 0 Å². The van der Waals surface area contributed by atoms with Crippen molar-refractivity contribution in [2.24, 2.45) is 0 Å². The number of amides is 2. The minimum Gasteiger partial charge on any atom is -0.478 e. The molecule has 2 aliphatic heterocycles. The first-order valence-electron chi connectivity index (χ1n) is 9.35. The Balaban J connectivity index is 1.32. The van der Waals surface area contributed by atoms with Gasteiger partial charge in [-0.3, -0.25) is 19.7 Å². The third-order valence-corrected chi connectivity index (χ3v) is 5.12. The minimum atomic E-state index is -0.842. The number of rotatable bonds is 4. The summed E-state index contributed by atoms with van der Waals surface area (Å²) in [4.78, 5) is 39.0. The molecule has 0 unspecified atom stereocenters. The number of nitrogens with one attached hydrogen (secondary N) is 1. The Morgan fingerprint density at radius 1 is 1.10 bits per heavy atom. The summed E-state index contributed by atoms with van der Waals surface area (Å²) in [6.07, 6.45) is -0.859. The molecule has 1 fully saturated rings. The van der Waals surface area contributed by atoms with Gasteiger partial charge in [0, 0.05) is 44.0 Å². The first-order valence-corrected chi connectivity index (χ1v) is 9.35. The fourth-order valence-electron chi connectivity index (χ4n) is 3.51. The molecule has 2 aromatic carbocycles. The van der Waals surface area contributed by atoms with Crippen molar-refractivity contribution in [2.45, 2.75) is 12.5 Å². The number of benzene rings is 2. The van der Waals surface area contributed by atoms with Crippen LogP contribution < -0.4 is 15.0 Å². The predicted octanol–water partition coefficient (Wildman–Crippen LogP) is 2.03. The molecule has 4 rings (SSSR count). The highest BCUT2D eigenvalue weighted by molar-refractivity contribution is 5.99. The summed E-state index contributed by atoms with van der Waals surface area (Å²) in [6, 6.07) is 13.5. The zero-order valence-electron chi connectivity index (χ0n) is 15.6. The molecule has 1 saturated heterocycles. The third-order valence-electron chi connectivity index (χ3n) is 5.12. The van der Waals surface area contributed by atoms with Gasteiger partial charge in [0.05, 0.1) is 17.0 Å². The maximum atomic E-state index is 12.7. The molecule has 9 heteroatoms. The van der Waals surface area contributed by atoms with Crippen LogP contribution in [-0.2, 0) is 9.59 Å². The molecule has 0 radical (unpaired) electrons. The van der Waals surface area contributed by atoms with Gasteiger partial charge in [-0.1, -0.05) is 12.1 Å². The second-order valence-corrected chi connectivity index (χ2v) is 6.94. The Morgan fingerprint density at radius 2 is 1.79 bits per heavy atom. The summed E-state index contributed by atoms with van der Waals surface area (Å²) in [6.45, 7) is 2.26. The van der Waals surface area contributed by atoms with Gasteiger partial charge in [0.25, 0.3) is 11.6 Å². The van der Waals surface area contributed by atoms with E-state index in [9.17, 15) is 19.7 Å². The number of ether oxygens (including phenoxy) is 1. The van der Waals surface area contributed by atoms with Gasteiger partial charge < -0.3 is 19.9 Å². The van der Waals surface area contributed by atoms with Crippen molar-refractivity contribution in [1.82, 2.24) is 4.90 Å². The van der Waals surface area contributed by atoms with E-state index in [1.807, 2.05) is 6.07 Å². The van der Waals surface area contributed by atoms with Crippen molar-refractivity contribution in [3.63, 3.8) is 0 Å². The number of para-hydroxylation sites is 2. The average Bonchev–Trinajstić information content (AvgIpc) is 2.74. The Morgan fingerprint density at radius 3 is 2.48 bits per heavy atom. The van der Waals surface area contributed by atoms with E-state index in [1.165, 1.54) is 12.1 Å². The van der Waals surface area contributed by atoms with Gasteiger partial charge in [-0.2, -0.15) is 0 Å². The zero-order chi connectivity index (χ0) is 20.4. The van der Waals surface area contributed by atoms with Crippen LogP contribution >= 0.6 is 0 Å². The maximum absolute atomic E-state index is 12.7. The number of nitro benzene ring substituents is 1. The molecule has 0 saturated carbocycles. The predicted molar refractivity (Wildman–Crippen MR) is 106 cm³/mol. The molecule has 1 N–H and O–H groups in total. The largest absolute Gasteiger partial charge is 0.478 e. The van der Waals surface area contributed by atoms with E-state index in [2.05, 4.69) is 10.2 Å². The Kier molecular flexibility index (Phi) is 5.03. The van der Waals surface area contributed by atoms with Gasteiger partial charge in [-0.05, 0) is 24.3 Å². The molecule has 150 valence electrons. The van der Waals surface area contributed by atoms with Crippen LogP contribution in [-0.4, -0.2) is 53.9 Å². The molecular weight excluding hydrogens is 376 g/mol. The Bertz CT molecular complexity index is 938. The van der Waals surface area contributed by atoms with Crippen LogP contribution in [0.3, 0.4) is 0 Å². The summed E-state index contributed by atoms with van der Waals surface area (Å²) in [7, 11) is 0. The van der Waals surface area contributed by atoms with Crippen LogP contribution in [0.4, 0.5) is 17.1 Å². The topological polar surface area (TPSA) is 105 Å². The Labute approximate surface area is 167 Å². The number of hydrogen-bond donors (Lipinski definition) is 1. The molecule has 1 atom stereocenters. The lowest BCUT2D eigenvalue weighted by Gasteiger charge is -2.36. The van der Waals surface area contributed by atoms with E-state index in [0.717, 1.165) is 5.69 Å². The van der Waals surface area contributed by atoms with Crippen LogP contribution in [0.15, 0.2) is 48.5 Å². The lowest BCUT2D eigenvalue weighted by Crippen LogP contribution is -2.50. The quantitative estimate of drug-likeness (QED) is 0.626. The van der Waals surface area contributed by atoms with E-state index < -0.39 is 11.0 Å². The highest BCUT2D eigenvalue weighted by Crippen LogP contribution is 2.30. The second kappa shape index (κ2) is 7.78. The van der Waals surface area contributed by atoms with E-state index in [-0.39, 0.29) is 23.9 Å².